The second kappa shape index (κ2) is 7.66. The number of amides is 2. The molecule has 26 heavy (non-hydrogen) atoms. The van der Waals surface area contributed by atoms with Gasteiger partial charge in [0.2, 0.25) is 15.9 Å². The molecule has 1 saturated heterocycles. The lowest BCUT2D eigenvalue weighted by Crippen LogP contribution is -2.49. The molecule has 3 N–H and O–H groups in total. The molecular weight excluding hydrogens is 374 g/mol. The summed E-state index contributed by atoms with van der Waals surface area (Å²) in [6, 6.07) is -0.735. The summed E-state index contributed by atoms with van der Waals surface area (Å²) in [6.45, 7) is 0.348. The number of nitrogens with two attached hydrogens (primary N) is 1. The minimum absolute atomic E-state index is 0.348. The van der Waals surface area contributed by atoms with E-state index in [1.165, 1.54) is 15.6 Å². The zero-order chi connectivity index (χ0) is 18.9. The molecule has 1 aromatic heterocycles. The van der Waals surface area contributed by atoms with Crippen molar-refractivity contribution in [2.45, 2.75) is 57.4 Å². The highest BCUT2D eigenvalue weighted by molar-refractivity contribution is 7.88. The van der Waals surface area contributed by atoms with Gasteiger partial charge in [-0.15, -0.1) is 11.3 Å². The number of hydrogen-bond donors (Lipinski definition) is 2. The molecule has 0 spiro atoms. The van der Waals surface area contributed by atoms with Crippen molar-refractivity contribution in [1.82, 2.24) is 4.31 Å². The molecule has 1 fully saturated rings. The third-order valence-electron chi connectivity index (χ3n) is 5.09. The minimum atomic E-state index is -3.46. The zero-order valence-electron chi connectivity index (χ0n) is 14.9. The van der Waals surface area contributed by atoms with Crippen LogP contribution in [0.25, 0.3) is 0 Å². The molecule has 2 amide bonds. The molecule has 1 aliphatic heterocycles. The average molecular weight is 400 g/mol. The van der Waals surface area contributed by atoms with Crippen LogP contribution in [0.5, 0.6) is 0 Å². The van der Waals surface area contributed by atoms with E-state index in [0.717, 1.165) is 61.6 Å². The summed E-state index contributed by atoms with van der Waals surface area (Å²) >= 11 is 1.40. The highest BCUT2D eigenvalue weighted by Crippen LogP contribution is 2.37. The normalized spacial score (nSPS) is 21.7. The SMILES string of the molecule is CS(=O)(=O)N1CCCCC1C(=O)Nc1sc2c(c1C(N)=O)CCCCC2. The first-order valence-electron chi connectivity index (χ1n) is 9.01. The van der Waals surface area contributed by atoms with Gasteiger partial charge in [0.15, 0.2) is 0 Å². The number of nitrogens with zero attached hydrogens (tertiary/aromatic N) is 1. The molecule has 9 heteroatoms. The van der Waals surface area contributed by atoms with E-state index in [9.17, 15) is 18.0 Å². The Hall–Kier alpha value is -1.45. The van der Waals surface area contributed by atoms with Gasteiger partial charge in [-0.3, -0.25) is 9.59 Å². The fourth-order valence-electron chi connectivity index (χ4n) is 3.85. The first kappa shape index (κ1) is 19.3. The van der Waals surface area contributed by atoms with E-state index in [2.05, 4.69) is 5.32 Å². The molecular formula is C17H25N3O4S2. The zero-order valence-corrected chi connectivity index (χ0v) is 16.5. The average Bonchev–Trinajstić information content (AvgIpc) is 2.75. The van der Waals surface area contributed by atoms with Gasteiger partial charge < -0.3 is 11.1 Å². The summed E-state index contributed by atoms with van der Waals surface area (Å²) in [4.78, 5) is 25.9. The van der Waals surface area contributed by atoms with Crippen molar-refractivity contribution in [3.63, 3.8) is 0 Å². The van der Waals surface area contributed by atoms with E-state index in [1.807, 2.05) is 0 Å². The highest BCUT2D eigenvalue weighted by atomic mass is 32.2. The number of piperidine rings is 1. The Kier molecular flexibility index (Phi) is 5.69. The van der Waals surface area contributed by atoms with Crippen molar-refractivity contribution in [3.8, 4) is 0 Å². The molecule has 144 valence electrons. The topological polar surface area (TPSA) is 110 Å². The van der Waals surface area contributed by atoms with Crippen LogP contribution >= 0.6 is 11.3 Å². The van der Waals surface area contributed by atoms with E-state index in [-0.39, 0.29) is 5.91 Å². The van der Waals surface area contributed by atoms with Crippen LogP contribution in [-0.2, 0) is 27.7 Å². The maximum atomic E-state index is 12.8. The van der Waals surface area contributed by atoms with Crippen LogP contribution in [0.4, 0.5) is 5.00 Å². The maximum absolute atomic E-state index is 12.8. The Morgan fingerprint density at radius 2 is 1.88 bits per heavy atom. The number of thiophene rings is 1. The van der Waals surface area contributed by atoms with Gasteiger partial charge in [-0.05, 0) is 44.1 Å². The number of carbonyl (C=O) groups is 2. The van der Waals surface area contributed by atoms with Crippen LogP contribution in [0, 0.1) is 0 Å². The summed E-state index contributed by atoms with van der Waals surface area (Å²) in [7, 11) is -3.46. The Balaban J connectivity index is 1.88. The monoisotopic (exact) mass is 399 g/mol. The van der Waals surface area contributed by atoms with Crippen molar-refractivity contribution in [1.29, 1.82) is 0 Å². The number of aryl methyl sites for hydroxylation is 1. The second-order valence-corrected chi connectivity index (χ2v) is 10.0. The number of sulfonamides is 1. The van der Waals surface area contributed by atoms with Gasteiger partial charge in [0.25, 0.3) is 5.91 Å². The first-order chi connectivity index (χ1) is 12.3. The largest absolute Gasteiger partial charge is 0.365 e. The summed E-state index contributed by atoms with van der Waals surface area (Å²) in [5.41, 5.74) is 6.96. The number of anilines is 1. The highest BCUT2D eigenvalue weighted by Gasteiger charge is 2.35. The van der Waals surface area contributed by atoms with E-state index >= 15 is 0 Å². The summed E-state index contributed by atoms with van der Waals surface area (Å²) in [6.07, 6.45) is 8.01. The van der Waals surface area contributed by atoms with Crippen molar-refractivity contribution in [3.05, 3.63) is 16.0 Å². The first-order valence-corrected chi connectivity index (χ1v) is 11.7. The van der Waals surface area contributed by atoms with Gasteiger partial charge in [-0.25, -0.2) is 8.42 Å². The Morgan fingerprint density at radius 1 is 1.15 bits per heavy atom. The molecule has 1 unspecified atom stereocenters. The van der Waals surface area contributed by atoms with E-state index in [1.54, 1.807) is 0 Å². The summed E-state index contributed by atoms with van der Waals surface area (Å²) < 4.78 is 25.3. The number of nitrogens with one attached hydrogen (secondary N) is 1. The van der Waals surface area contributed by atoms with Crippen molar-refractivity contribution in [2.24, 2.45) is 5.73 Å². The number of carbonyl (C=O) groups excluding carboxylic acids is 2. The van der Waals surface area contributed by atoms with Gasteiger partial charge in [-0.1, -0.05) is 12.8 Å². The van der Waals surface area contributed by atoms with Crippen LogP contribution in [-0.4, -0.2) is 43.4 Å². The number of rotatable bonds is 4. The Labute approximate surface area is 158 Å². The van der Waals surface area contributed by atoms with E-state index < -0.39 is 22.0 Å². The third kappa shape index (κ3) is 3.94. The molecule has 2 aliphatic rings. The molecule has 0 bridgehead atoms. The summed E-state index contributed by atoms with van der Waals surface area (Å²) in [5.74, 6) is -0.919. The number of hydrogen-bond acceptors (Lipinski definition) is 5. The quantitative estimate of drug-likeness (QED) is 0.753. The Bertz CT molecular complexity index is 816. The van der Waals surface area contributed by atoms with Crippen LogP contribution in [0.2, 0.25) is 0 Å². The molecule has 0 aromatic carbocycles. The van der Waals surface area contributed by atoms with Gasteiger partial charge in [0.05, 0.1) is 11.8 Å². The van der Waals surface area contributed by atoms with Crippen molar-refractivity contribution in [2.75, 3.05) is 18.1 Å². The van der Waals surface area contributed by atoms with E-state index in [0.29, 0.717) is 23.5 Å². The fraction of sp³-hybridized carbons (Fsp3) is 0.647. The molecule has 2 heterocycles. The molecule has 1 atom stereocenters. The van der Waals surface area contributed by atoms with Crippen LogP contribution in [0.15, 0.2) is 0 Å². The van der Waals surface area contributed by atoms with E-state index in [4.69, 9.17) is 5.73 Å². The van der Waals surface area contributed by atoms with Gasteiger partial charge >= 0.3 is 0 Å². The maximum Gasteiger partial charge on any atom is 0.251 e. The lowest BCUT2D eigenvalue weighted by atomic mass is 10.0. The predicted octanol–water partition coefficient (Wildman–Crippen LogP) is 1.87. The summed E-state index contributed by atoms with van der Waals surface area (Å²) in [5, 5.41) is 3.28. The standard InChI is InChI=1S/C17H25N3O4S2/c1-26(23,24)20-10-6-5-8-12(20)16(22)19-17-14(15(18)21)11-7-3-2-4-9-13(11)25-17/h12H,2-10H2,1H3,(H2,18,21)(H,19,22). The molecule has 7 nitrogen and oxygen atoms in total. The van der Waals surface area contributed by atoms with Crippen LogP contribution in [0.1, 0.15) is 59.3 Å². The Morgan fingerprint density at radius 3 is 2.58 bits per heavy atom. The molecule has 0 radical (unpaired) electrons. The van der Waals surface area contributed by atoms with Gasteiger partial charge in [-0.2, -0.15) is 4.31 Å². The van der Waals surface area contributed by atoms with Crippen LogP contribution in [0.3, 0.4) is 0 Å². The molecule has 3 rings (SSSR count). The van der Waals surface area contributed by atoms with Crippen molar-refractivity contribution < 1.29 is 18.0 Å². The number of fused-ring (bicyclic) bond motifs is 1. The smallest absolute Gasteiger partial charge is 0.251 e. The second-order valence-electron chi connectivity index (χ2n) is 7.01. The van der Waals surface area contributed by atoms with Crippen molar-refractivity contribution >= 4 is 38.2 Å². The lowest BCUT2D eigenvalue weighted by Gasteiger charge is -2.32. The number of primary amides is 1. The van der Waals surface area contributed by atoms with Gasteiger partial charge in [0, 0.05) is 11.4 Å². The van der Waals surface area contributed by atoms with Gasteiger partial charge in [0.1, 0.15) is 11.0 Å². The minimum Gasteiger partial charge on any atom is -0.365 e. The lowest BCUT2D eigenvalue weighted by molar-refractivity contribution is -0.120. The third-order valence-corrected chi connectivity index (χ3v) is 7.58. The molecule has 1 aliphatic carbocycles. The molecule has 1 aromatic rings. The fourth-order valence-corrected chi connectivity index (χ4v) is 6.27. The van der Waals surface area contributed by atoms with Crippen LogP contribution < -0.4 is 11.1 Å². The predicted molar refractivity (Wildman–Crippen MR) is 102 cm³/mol. The molecule has 0 saturated carbocycles.